The van der Waals surface area contributed by atoms with Crippen molar-refractivity contribution < 1.29 is 13.2 Å². The fraction of sp³-hybridized carbons (Fsp3) is 0.462. The van der Waals surface area contributed by atoms with Gasteiger partial charge in [0.05, 0.1) is 10.6 Å². The number of benzene rings is 1. The third kappa shape index (κ3) is 2.72. The van der Waals surface area contributed by atoms with Crippen LogP contribution < -0.4 is 0 Å². The van der Waals surface area contributed by atoms with Crippen molar-refractivity contribution in [3.8, 4) is 0 Å². The Kier molecular flexibility index (Phi) is 3.71. The lowest BCUT2D eigenvalue weighted by atomic mass is 10.2. The van der Waals surface area contributed by atoms with Crippen molar-refractivity contribution in [2.45, 2.75) is 30.7 Å². The average Bonchev–Trinajstić information content (AvgIpc) is 2.78. The molecule has 98 valence electrons. The molecule has 1 aliphatic rings. The molecule has 1 heterocycles. The summed E-state index contributed by atoms with van der Waals surface area (Å²) in [6.45, 7) is 2.16. The highest BCUT2D eigenvalue weighted by atomic mass is 32.2. The molecule has 1 fully saturated rings. The first-order valence-corrected chi connectivity index (χ1v) is 7.71. The molecule has 0 unspecified atom stereocenters. The Balaban J connectivity index is 2.16. The first kappa shape index (κ1) is 13.1. The van der Waals surface area contributed by atoms with Crippen molar-refractivity contribution in [1.82, 2.24) is 4.90 Å². The number of hydrogen-bond acceptors (Lipinski definition) is 3. The second-order valence-corrected chi connectivity index (χ2v) is 6.64. The van der Waals surface area contributed by atoms with E-state index in [-0.39, 0.29) is 17.7 Å². The van der Waals surface area contributed by atoms with E-state index in [1.165, 1.54) is 6.92 Å². The van der Waals surface area contributed by atoms with Gasteiger partial charge in [0.1, 0.15) is 0 Å². The molecule has 0 bridgehead atoms. The van der Waals surface area contributed by atoms with Gasteiger partial charge in [0.2, 0.25) is 5.91 Å². The number of sulfone groups is 1. The van der Waals surface area contributed by atoms with Gasteiger partial charge in [0.25, 0.3) is 0 Å². The Morgan fingerprint density at radius 1 is 1.33 bits per heavy atom. The Labute approximate surface area is 108 Å². The summed E-state index contributed by atoms with van der Waals surface area (Å²) >= 11 is 0. The quantitative estimate of drug-likeness (QED) is 0.833. The van der Waals surface area contributed by atoms with E-state index in [4.69, 9.17) is 0 Å². The summed E-state index contributed by atoms with van der Waals surface area (Å²) in [6, 6.07) is 8.24. The van der Waals surface area contributed by atoms with Gasteiger partial charge in [-0.3, -0.25) is 4.79 Å². The summed E-state index contributed by atoms with van der Waals surface area (Å²) in [7, 11) is -3.30. The Morgan fingerprint density at radius 3 is 2.61 bits per heavy atom. The number of rotatable bonds is 3. The van der Waals surface area contributed by atoms with Gasteiger partial charge in [-0.1, -0.05) is 18.2 Å². The third-order valence-corrected chi connectivity index (χ3v) is 5.11. The van der Waals surface area contributed by atoms with Crippen LogP contribution in [0.2, 0.25) is 0 Å². The molecule has 1 aliphatic heterocycles. The van der Waals surface area contributed by atoms with Crippen LogP contribution in [0.3, 0.4) is 0 Å². The summed E-state index contributed by atoms with van der Waals surface area (Å²) in [6.07, 6.45) is 1.65. The number of carbonyl (C=O) groups excluding carboxylic acids is 1. The molecule has 1 atom stereocenters. The lowest BCUT2D eigenvalue weighted by Crippen LogP contribution is -2.38. The SMILES string of the molecule is CC(=O)N1CCC[C@@H]1CS(=O)(=O)c1ccccc1. The lowest BCUT2D eigenvalue weighted by molar-refractivity contribution is -0.129. The van der Waals surface area contributed by atoms with Crippen LogP contribution in [0.4, 0.5) is 0 Å². The minimum absolute atomic E-state index is 0.0244. The molecular weight excluding hydrogens is 250 g/mol. The monoisotopic (exact) mass is 267 g/mol. The standard InChI is InChI=1S/C13H17NO3S/c1-11(15)14-9-5-6-12(14)10-18(16,17)13-7-3-2-4-8-13/h2-4,7-8,12H,5-6,9-10H2,1H3/t12-/m1/s1. The van der Waals surface area contributed by atoms with Gasteiger partial charge in [-0.05, 0) is 25.0 Å². The fourth-order valence-electron chi connectivity index (χ4n) is 2.40. The van der Waals surface area contributed by atoms with E-state index in [0.29, 0.717) is 11.4 Å². The maximum Gasteiger partial charge on any atom is 0.219 e. The molecule has 1 saturated heterocycles. The molecule has 4 nitrogen and oxygen atoms in total. The van der Waals surface area contributed by atoms with E-state index in [2.05, 4.69) is 0 Å². The Morgan fingerprint density at radius 2 is 2.00 bits per heavy atom. The van der Waals surface area contributed by atoms with Gasteiger partial charge in [0.15, 0.2) is 9.84 Å². The van der Waals surface area contributed by atoms with E-state index in [1.807, 2.05) is 0 Å². The highest BCUT2D eigenvalue weighted by molar-refractivity contribution is 7.91. The molecule has 1 aromatic carbocycles. The predicted octanol–water partition coefficient (Wildman–Crippen LogP) is 1.47. The third-order valence-electron chi connectivity index (χ3n) is 3.30. The molecule has 0 N–H and O–H groups in total. The summed E-state index contributed by atoms with van der Waals surface area (Å²) in [5.41, 5.74) is 0. The normalized spacial score (nSPS) is 20.1. The van der Waals surface area contributed by atoms with Crippen LogP contribution in [0.25, 0.3) is 0 Å². The van der Waals surface area contributed by atoms with E-state index >= 15 is 0 Å². The summed E-state index contributed by atoms with van der Waals surface area (Å²) in [4.78, 5) is 13.4. The largest absolute Gasteiger partial charge is 0.339 e. The van der Waals surface area contributed by atoms with Crippen LogP contribution in [0.15, 0.2) is 35.2 Å². The van der Waals surface area contributed by atoms with Crippen LogP contribution in [-0.4, -0.2) is 37.6 Å². The van der Waals surface area contributed by atoms with Crippen LogP contribution in [0.5, 0.6) is 0 Å². The van der Waals surface area contributed by atoms with Gasteiger partial charge < -0.3 is 4.90 Å². The van der Waals surface area contributed by atoms with Gasteiger partial charge in [0, 0.05) is 19.5 Å². The van der Waals surface area contributed by atoms with Crippen molar-refractivity contribution >= 4 is 15.7 Å². The molecule has 1 amide bonds. The zero-order chi connectivity index (χ0) is 13.2. The van der Waals surface area contributed by atoms with Crippen molar-refractivity contribution in [2.75, 3.05) is 12.3 Å². The van der Waals surface area contributed by atoms with Crippen molar-refractivity contribution in [1.29, 1.82) is 0 Å². The molecule has 5 heteroatoms. The molecular formula is C13H17NO3S. The maximum atomic E-state index is 12.2. The second-order valence-electron chi connectivity index (χ2n) is 4.60. The number of hydrogen-bond donors (Lipinski definition) is 0. The molecule has 1 aromatic rings. The van der Waals surface area contributed by atoms with Crippen LogP contribution in [0.1, 0.15) is 19.8 Å². The molecule has 0 spiro atoms. The number of amides is 1. The molecule has 0 saturated carbocycles. The lowest BCUT2D eigenvalue weighted by Gasteiger charge is -2.23. The van der Waals surface area contributed by atoms with Gasteiger partial charge in [-0.15, -0.1) is 0 Å². The summed E-state index contributed by atoms with van der Waals surface area (Å²) in [5, 5.41) is 0. The van der Waals surface area contributed by atoms with Crippen LogP contribution in [-0.2, 0) is 14.6 Å². The van der Waals surface area contributed by atoms with E-state index in [1.54, 1.807) is 35.2 Å². The Hall–Kier alpha value is -1.36. The number of likely N-dealkylation sites (tertiary alicyclic amines) is 1. The van der Waals surface area contributed by atoms with Crippen LogP contribution >= 0.6 is 0 Å². The highest BCUT2D eigenvalue weighted by Crippen LogP contribution is 2.21. The first-order chi connectivity index (χ1) is 8.50. The van der Waals surface area contributed by atoms with E-state index < -0.39 is 9.84 Å². The first-order valence-electron chi connectivity index (χ1n) is 6.06. The number of carbonyl (C=O) groups is 1. The second kappa shape index (κ2) is 5.10. The maximum absolute atomic E-state index is 12.2. The summed E-state index contributed by atoms with van der Waals surface area (Å²) < 4.78 is 24.4. The van der Waals surface area contributed by atoms with Crippen molar-refractivity contribution in [3.05, 3.63) is 30.3 Å². The van der Waals surface area contributed by atoms with Gasteiger partial charge in [-0.25, -0.2) is 8.42 Å². The molecule has 0 aromatic heterocycles. The smallest absolute Gasteiger partial charge is 0.219 e. The zero-order valence-electron chi connectivity index (χ0n) is 10.4. The molecule has 0 radical (unpaired) electrons. The van der Waals surface area contributed by atoms with E-state index in [0.717, 1.165) is 12.8 Å². The van der Waals surface area contributed by atoms with Gasteiger partial charge in [-0.2, -0.15) is 0 Å². The molecule has 18 heavy (non-hydrogen) atoms. The van der Waals surface area contributed by atoms with Crippen molar-refractivity contribution in [2.24, 2.45) is 0 Å². The average molecular weight is 267 g/mol. The minimum Gasteiger partial charge on any atom is -0.339 e. The van der Waals surface area contributed by atoms with Crippen LogP contribution in [0, 0.1) is 0 Å². The van der Waals surface area contributed by atoms with E-state index in [9.17, 15) is 13.2 Å². The van der Waals surface area contributed by atoms with Crippen molar-refractivity contribution in [3.63, 3.8) is 0 Å². The number of nitrogens with zero attached hydrogens (tertiary/aromatic N) is 1. The topological polar surface area (TPSA) is 54.5 Å². The predicted molar refractivity (Wildman–Crippen MR) is 68.9 cm³/mol. The highest BCUT2D eigenvalue weighted by Gasteiger charge is 2.31. The molecule has 0 aliphatic carbocycles. The van der Waals surface area contributed by atoms with Gasteiger partial charge >= 0.3 is 0 Å². The molecule has 2 rings (SSSR count). The Bertz CT molecular complexity index is 524. The minimum atomic E-state index is -3.30. The summed E-state index contributed by atoms with van der Waals surface area (Å²) in [5.74, 6) is -0.0166. The fourth-order valence-corrected chi connectivity index (χ4v) is 4.02. The zero-order valence-corrected chi connectivity index (χ0v) is 11.2.